The largest absolute Gasteiger partial charge is 0.294 e. The third-order valence-electron chi connectivity index (χ3n) is 3.52. The van der Waals surface area contributed by atoms with Gasteiger partial charge in [0.05, 0.1) is 5.52 Å². The second kappa shape index (κ2) is 6.16. The van der Waals surface area contributed by atoms with Crippen molar-refractivity contribution in [3.05, 3.63) is 64.5 Å². The second-order valence-corrected chi connectivity index (χ2v) is 5.91. The number of hydrogen-bond donors (Lipinski definition) is 0. The minimum absolute atomic E-state index is 0.947. The van der Waals surface area contributed by atoms with Gasteiger partial charge in [-0.05, 0) is 29.6 Å². The fraction of sp³-hybridized carbons (Fsp3) is 0.235. The maximum atomic E-state index is 4.54. The first kappa shape index (κ1) is 13.3. The number of thiophene rings is 1. The maximum Gasteiger partial charge on any atom is 0.0746 e. The second-order valence-electron chi connectivity index (χ2n) is 4.87. The van der Waals surface area contributed by atoms with E-state index in [1.807, 2.05) is 23.6 Å². The highest BCUT2D eigenvalue weighted by atomic mass is 32.1. The molecule has 3 aromatic rings. The van der Waals surface area contributed by atoms with Crippen LogP contribution in [-0.2, 0) is 13.1 Å². The summed E-state index contributed by atoms with van der Waals surface area (Å²) in [6, 6.07) is 14.9. The van der Waals surface area contributed by atoms with Crippen LogP contribution in [0.3, 0.4) is 0 Å². The van der Waals surface area contributed by atoms with Crippen molar-refractivity contribution in [1.29, 1.82) is 0 Å². The van der Waals surface area contributed by atoms with Gasteiger partial charge in [-0.3, -0.25) is 9.88 Å². The summed E-state index contributed by atoms with van der Waals surface area (Å²) < 4.78 is 0. The Morgan fingerprint density at radius 3 is 2.75 bits per heavy atom. The van der Waals surface area contributed by atoms with Crippen LogP contribution in [-0.4, -0.2) is 16.4 Å². The summed E-state index contributed by atoms with van der Waals surface area (Å²) in [5, 5.41) is 3.36. The highest BCUT2D eigenvalue weighted by Gasteiger charge is 2.08. The Labute approximate surface area is 123 Å². The number of fused-ring (bicyclic) bond motifs is 1. The van der Waals surface area contributed by atoms with Crippen molar-refractivity contribution in [3.8, 4) is 0 Å². The summed E-state index contributed by atoms with van der Waals surface area (Å²) in [6.45, 7) is 5.22. The summed E-state index contributed by atoms with van der Waals surface area (Å²) in [4.78, 5) is 8.41. The Hall–Kier alpha value is -1.71. The predicted octanol–water partition coefficient (Wildman–Crippen LogP) is 4.32. The average Bonchev–Trinajstić information content (AvgIpc) is 3.00. The van der Waals surface area contributed by atoms with Crippen molar-refractivity contribution in [2.75, 3.05) is 6.54 Å². The van der Waals surface area contributed by atoms with Crippen LogP contribution in [0.2, 0.25) is 0 Å². The van der Waals surface area contributed by atoms with E-state index < -0.39 is 0 Å². The zero-order valence-electron chi connectivity index (χ0n) is 11.6. The van der Waals surface area contributed by atoms with Crippen molar-refractivity contribution < 1.29 is 0 Å². The third kappa shape index (κ3) is 2.89. The Morgan fingerprint density at radius 2 is 1.95 bits per heavy atom. The van der Waals surface area contributed by atoms with Crippen LogP contribution in [0, 0.1) is 0 Å². The SMILES string of the molecule is CCN(Cc1cccs1)Cc1cccc2cccnc12. The molecule has 20 heavy (non-hydrogen) atoms. The van der Waals surface area contributed by atoms with Gasteiger partial charge < -0.3 is 0 Å². The van der Waals surface area contributed by atoms with Gasteiger partial charge in [-0.2, -0.15) is 0 Å². The van der Waals surface area contributed by atoms with Crippen LogP contribution in [0.4, 0.5) is 0 Å². The van der Waals surface area contributed by atoms with Crippen molar-refractivity contribution in [1.82, 2.24) is 9.88 Å². The number of benzene rings is 1. The number of pyridine rings is 1. The number of aromatic nitrogens is 1. The van der Waals surface area contributed by atoms with Gasteiger partial charge in [-0.25, -0.2) is 0 Å². The van der Waals surface area contributed by atoms with E-state index in [2.05, 4.69) is 58.6 Å². The standard InChI is InChI=1S/C17H18N2S/c1-2-19(13-16-9-5-11-20-16)12-15-7-3-6-14-8-4-10-18-17(14)15/h3-11H,2,12-13H2,1H3. The first-order valence-corrected chi connectivity index (χ1v) is 7.82. The summed E-state index contributed by atoms with van der Waals surface area (Å²) in [7, 11) is 0. The van der Waals surface area contributed by atoms with Gasteiger partial charge in [-0.1, -0.05) is 37.3 Å². The quantitative estimate of drug-likeness (QED) is 0.693. The first-order chi connectivity index (χ1) is 9.86. The molecule has 0 saturated heterocycles. The zero-order valence-corrected chi connectivity index (χ0v) is 12.4. The van der Waals surface area contributed by atoms with Crippen LogP contribution >= 0.6 is 11.3 Å². The molecular weight excluding hydrogens is 264 g/mol. The Kier molecular flexibility index (Phi) is 4.09. The van der Waals surface area contributed by atoms with Gasteiger partial charge in [0.15, 0.2) is 0 Å². The molecule has 0 unspecified atom stereocenters. The summed E-state index contributed by atoms with van der Waals surface area (Å²) >= 11 is 1.82. The monoisotopic (exact) mass is 282 g/mol. The Balaban J connectivity index is 1.84. The molecule has 0 saturated carbocycles. The molecule has 0 radical (unpaired) electrons. The van der Waals surface area contributed by atoms with E-state index in [9.17, 15) is 0 Å². The van der Waals surface area contributed by atoms with Crippen molar-refractivity contribution in [2.45, 2.75) is 20.0 Å². The van der Waals surface area contributed by atoms with E-state index in [-0.39, 0.29) is 0 Å². The van der Waals surface area contributed by atoms with Crippen LogP contribution < -0.4 is 0 Å². The number of rotatable bonds is 5. The molecule has 0 aliphatic carbocycles. The van der Waals surface area contributed by atoms with Crippen molar-refractivity contribution in [3.63, 3.8) is 0 Å². The molecule has 0 atom stereocenters. The van der Waals surface area contributed by atoms with Crippen LogP contribution in [0.15, 0.2) is 54.0 Å². The van der Waals surface area contributed by atoms with Gasteiger partial charge in [0.2, 0.25) is 0 Å². The van der Waals surface area contributed by atoms with E-state index in [4.69, 9.17) is 0 Å². The van der Waals surface area contributed by atoms with Crippen LogP contribution in [0.25, 0.3) is 10.9 Å². The highest BCUT2D eigenvalue weighted by molar-refractivity contribution is 7.09. The summed E-state index contributed by atoms with van der Waals surface area (Å²) in [5.74, 6) is 0. The molecule has 0 aliphatic heterocycles. The Bertz CT molecular complexity index is 671. The van der Waals surface area contributed by atoms with Gasteiger partial charge >= 0.3 is 0 Å². The van der Waals surface area contributed by atoms with E-state index >= 15 is 0 Å². The molecule has 2 aromatic heterocycles. The lowest BCUT2D eigenvalue weighted by Crippen LogP contribution is -2.22. The van der Waals surface area contributed by atoms with Crippen LogP contribution in [0.5, 0.6) is 0 Å². The average molecular weight is 282 g/mol. The fourth-order valence-corrected chi connectivity index (χ4v) is 3.18. The Morgan fingerprint density at radius 1 is 1.05 bits per heavy atom. The minimum atomic E-state index is 0.947. The van der Waals surface area contributed by atoms with Crippen molar-refractivity contribution >= 4 is 22.2 Å². The molecule has 0 aliphatic rings. The third-order valence-corrected chi connectivity index (χ3v) is 4.38. The molecule has 3 rings (SSSR count). The van der Waals surface area contributed by atoms with E-state index in [0.29, 0.717) is 0 Å². The van der Waals surface area contributed by atoms with Gasteiger partial charge in [0.25, 0.3) is 0 Å². The molecule has 0 N–H and O–H groups in total. The molecule has 1 aromatic carbocycles. The molecule has 0 spiro atoms. The molecule has 102 valence electrons. The first-order valence-electron chi connectivity index (χ1n) is 6.94. The highest BCUT2D eigenvalue weighted by Crippen LogP contribution is 2.19. The maximum absolute atomic E-state index is 4.54. The molecule has 2 heterocycles. The minimum Gasteiger partial charge on any atom is -0.294 e. The fourth-order valence-electron chi connectivity index (χ4n) is 2.44. The van der Waals surface area contributed by atoms with Gasteiger partial charge in [0, 0.05) is 29.5 Å². The normalized spacial score (nSPS) is 11.3. The lowest BCUT2D eigenvalue weighted by Gasteiger charge is -2.20. The molecule has 2 nitrogen and oxygen atoms in total. The number of para-hydroxylation sites is 1. The van der Waals surface area contributed by atoms with Gasteiger partial charge in [0.1, 0.15) is 0 Å². The molecule has 0 amide bonds. The van der Waals surface area contributed by atoms with Crippen molar-refractivity contribution in [2.24, 2.45) is 0 Å². The predicted molar refractivity (Wildman–Crippen MR) is 85.9 cm³/mol. The van der Waals surface area contributed by atoms with Gasteiger partial charge in [-0.15, -0.1) is 11.3 Å². The summed E-state index contributed by atoms with van der Waals surface area (Å²) in [5.41, 5.74) is 2.43. The molecule has 0 fully saturated rings. The van der Waals surface area contributed by atoms with E-state index in [1.54, 1.807) is 0 Å². The lowest BCUT2D eigenvalue weighted by molar-refractivity contribution is 0.275. The van der Waals surface area contributed by atoms with E-state index in [0.717, 1.165) is 25.2 Å². The van der Waals surface area contributed by atoms with E-state index in [1.165, 1.54) is 15.8 Å². The molecule has 0 bridgehead atoms. The molecule has 3 heteroatoms. The number of nitrogens with zero attached hydrogens (tertiary/aromatic N) is 2. The van der Waals surface area contributed by atoms with Crippen LogP contribution in [0.1, 0.15) is 17.4 Å². The zero-order chi connectivity index (χ0) is 13.8. The smallest absolute Gasteiger partial charge is 0.0746 e. The summed E-state index contributed by atoms with van der Waals surface area (Å²) in [6.07, 6.45) is 1.88. The topological polar surface area (TPSA) is 16.1 Å². The lowest BCUT2D eigenvalue weighted by atomic mass is 10.1. The number of hydrogen-bond acceptors (Lipinski definition) is 3. The molecular formula is C17H18N2S.